The quantitative estimate of drug-likeness (QED) is 0.621. The SMILES string of the molecule is CSC1(CNC(=O)CNC(=O)[C@@H](N)C(C)C)CCOCC1.Cl. The third-order valence-corrected chi connectivity index (χ3v) is 5.31. The Morgan fingerprint density at radius 1 is 1.27 bits per heavy atom. The van der Waals surface area contributed by atoms with E-state index in [9.17, 15) is 9.59 Å². The maximum Gasteiger partial charge on any atom is 0.239 e. The lowest BCUT2D eigenvalue weighted by molar-refractivity contribution is -0.127. The molecule has 0 aliphatic carbocycles. The number of nitrogens with two attached hydrogens (primary N) is 1. The van der Waals surface area contributed by atoms with Gasteiger partial charge in [0.15, 0.2) is 0 Å². The number of hydrogen-bond donors (Lipinski definition) is 3. The fourth-order valence-corrected chi connectivity index (χ4v) is 2.90. The van der Waals surface area contributed by atoms with E-state index >= 15 is 0 Å². The van der Waals surface area contributed by atoms with Gasteiger partial charge in [0.25, 0.3) is 0 Å². The van der Waals surface area contributed by atoms with Gasteiger partial charge in [-0.25, -0.2) is 0 Å². The molecule has 1 rings (SSSR count). The van der Waals surface area contributed by atoms with Crippen LogP contribution in [0.4, 0.5) is 0 Å². The van der Waals surface area contributed by atoms with Crippen LogP contribution in [0.1, 0.15) is 26.7 Å². The summed E-state index contributed by atoms with van der Waals surface area (Å²) in [6.07, 6.45) is 3.92. The van der Waals surface area contributed by atoms with E-state index in [0.29, 0.717) is 6.54 Å². The minimum atomic E-state index is -0.578. The molecule has 1 atom stereocenters. The van der Waals surface area contributed by atoms with Gasteiger partial charge in [-0.2, -0.15) is 11.8 Å². The second-order valence-electron chi connectivity index (χ2n) is 5.76. The van der Waals surface area contributed by atoms with Crippen molar-refractivity contribution in [2.45, 2.75) is 37.5 Å². The highest BCUT2D eigenvalue weighted by Crippen LogP contribution is 2.32. The average Bonchev–Trinajstić information content (AvgIpc) is 2.50. The van der Waals surface area contributed by atoms with Crippen LogP contribution >= 0.6 is 24.2 Å². The molecule has 4 N–H and O–H groups in total. The van der Waals surface area contributed by atoms with Crippen molar-refractivity contribution in [3.63, 3.8) is 0 Å². The third kappa shape index (κ3) is 6.73. The number of halogens is 1. The molecule has 1 aliphatic rings. The molecule has 1 heterocycles. The van der Waals surface area contributed by atoms with E-state index in [4.69, 9.17) is 10.5 Å². The van der Waals surface area contributed by atoms with Crippen LogP contribution in [-0.4, -0.2) is 55.2 Å². The topological polar surface area (TPSA) is 93.5 Å². The Hall–Kier alpha value is -0.500. The second-order valence-corrected chi connectivity index (χ2v) is 7.04. The Balaban J connectivity index is 0.00000441. The number of nitrogens with one attached hydrogen (secondary N) is 2. The van der Waals surface area contributed by atoms with E-state index in [1.807, 2.05) is 13.8 Å². The molecule has 0 radical (unpaired) electrons. The Bertz CT molecular complexity index is 363. The minimum Gasteiger partial charge on any atom is -0.381 e. The summed E-state index contributed by atoms with van der Waals surface area (Å²) in [4.78, 5) is 23.5. The number of carbonyl (C=O) groups excluding carboxylic acids is 2. The van der Waals surface area contributed by atoms with Gasteiger partial charge in [0.2, 0.25) is 11.8 Å². The third-order valence-electron chi connectivity index (χ3n) is 3.89. The molecular formula is C14H28ClN3O3S. The molecule has 0 aromatic heterocycles. The fourth-order valence-electron chi connectivity index (χ4n) is 2.11. The monoisotopic (exact) mass is 353 g/mol. The first-order valence-corrected chi connectivity index (χ1v) is 8.55. The van der Waals surface area contributed by atoms with E-state index in [1.54, 1.807) is 11.8 Å². The zero-order valence-electron chi connectivity index (χ0n) is 13.5. The number of amides is 2. The fraction of sp³-hybridized carbons (Fsp3) is 0.857. The van der Waals surface area contributed by atoms with Gasteiger partial charge in [-0.15, -0.1) is 12.4 Å². The van der Waals surface area contributed by atoms with Gasteiger partial charge < -0.3 is 21.1 Å². The molecule has 2 amide bonds. The van der Waals surface area contributed by atoms with Crippen LogP contribution in [0.3, 0.4) is 0 Å². The van der Waals surface area contributed by atoms with E-state index in [1.165, 1.54) is 0 Å². The number of carbonyl (C=O) groups is 2. The van der Waals surface area contributed by atoms with Gasteiger partial charge in [-0.05, 0) is 25.0 Å². The number of thioether (sulfide) groups is 1. The smallest absolute Gasteiger partial charge is 0.239 e. The highest BCUT2D eigenvalue weighted by Gasteiger charge is 2.32. The van der Waals surface area contributed by atoms with Crippen LogP contribution in [-0.2, 0) is 14.3 Å². The molecule has 0 saturated carbocycles. The molecule has 1 aliphatic heterocycles. The first-order chi connectivity index (χ1) is 9.90. The molecule has 0 unspecified atom stereocenters. The summed E-state index contributed by atoms with van der Waals surface area (Å²) >= 11 is 1.77. The van der Waals surface area contributed by atoms with Gasteiger partial charge in [-0.1, -0.05) is 13.8 Å². The molecule has 130 valence electrons. The summed E-state index contributed by atoms with van der Waals surface area (Å²) in [5.74, 6) is -0.417. The van der Waals surface area contributed by atoms with Crippen molar-refractivity contribution in [1.82, 2.24) is 10.6 Å². The van der Waals surface area contributed by atoms with Crippen LogP contribution < -0.4 is 16.4 Å². The van der Waals surface area contributed by atoms with E-state index in [0.717, 1.165) is 26.1 Å². The molecular weight excluding hydrogens is 326 g/mol. The Morgan fingerprint density at radius 3 is 2.36 bits per heavy atom. The van der Waals surface area contributed by atoms with Crippen molar-refractivity contribution in [3.8, 4) is 0 Å². The predicted molar refractivity (Wildman–Crippen MR) is 92.4 cm³/mol. The van der Waals surface area contributed by atoms with Crippen molar-refractivity contribution in [2.24, 2.45) is 11.7 Å². The summed E-state index contributed by atoms with van der Waals surface area (Å²) in [7, 11) is 0. The first kappa shape index (κ1) is 21.5. The number of hydrogen-bond acceptors (Lipinski definition) is 5. The van der Waals surface area contributed by atoms with Crippen LogP contribution in [0.25, 0.3) is 0 Å². The van der Waals surface area contributed by atoms with Gasteiger partial charge in [0.1, 0.15) is 0 Å². The molecule has 1 fully saturated rings. The molecule has 1 saturated heterocycles. The lowest BCUT2D eigenvalue weighted by atomic mass is 9.99. The predicted octanol–water partition coefficient (Wildman–Crippen LogP) is 0.536. The van der Waals surface area contributed by atoms with Crippen LogP contribution in [0.15, 0.2) is 0 Å². The van der Waals surface area contributed by atoms with E-state index < -0.39 is 6.04 Å². The molecule has 8 heteroatoms. The number of rotatable bonds is 7. The van der Waals surface area contributed by atoms with Gasteiger partial charge >= 0.3 is 0 Å². The van der Waals surface area contributed by atoms with Gasteiger partial charge in [0, 0.05) is 24.5 Å². The van der Waals surface area contributed by atoms with Gasteiger partial charge in [-0.3, -0.25) is 9.59 Å². The Kier molecular flexibility index (Phi) is 10.1. The maximum absolute atomic E-state index is 11.8. The highest BCUT2D eigenvalue weighted by molar-refractivity contribution is 8.00. The maximum atomic E-state index is 11.8. The largest absolute Gasteiger partial charge is 0.381 e. The minimum absolute atomic E-state index is 0. The van der Waals surface area contributed by atoms with Crippen LogP contribution in [0, 0.1) is 5.92 Å². The normalized spacial score (nSPS) is 18.2. The van der Waals surface area contributed by atoms with Crippen molar-refractivity contribution < 1.29 is 14.3 Å². The summed E-state index contributed by atoms with van der Waals surface area (Å²) in [5, 5.41) is 5.47. The molecule has 0 aromatic carbocycles. The lowest BCUT2D eigenvalue weighted by Crippen LogP contribution is -2.49. The van der Waals surface area contributed by atoms with Crippen molar-refractivity contribution >= 4 is 36.0 Å². The molecule has 22 heavy (non-hydrogen) atoms. The van der Waals surface area contributed by atoms with Crippen molar-refractivity contribution in [3.05, 3.63) is 0 Å². The number of ether oxygens (including phenoxy) is 1. The second kappa shape index (κ2) is 10.3. The van der Waals surface area contributed by atoms with E-state index in [-0.39, 0.29) is 41.4 Å². The zero-order valence-corrected chi connectivity index (χ0v) is 15.1. The zero-order chi connectivity index (χ0) is 15.9. The first-order valence-electron chi connectivity index (χ1n) is 7.33. The van der Waals surface area contributed by atoms with Gasteiger partial charge in [0.05, 0.1) is 12.6 Å². The van der Waals surface area contributed by atoms with Crippen LogP contribution in [0.5, 0.6) is 0 Å². The summed E-state index contributed by atoms with van der Waals surface area (Å²) in [5.41, 5.74) is 5.72. The Morgan fingerprint density at radius 2 is 1.86 bits per heavy atom. The highest BCUT2D eigenvalue weighted by atomic mass is 35.5. The lowest BCUT2D eigenvalue weighted by Gasteiger charge is -2.35. The van der Waals surface area contributed by atoms with Crippen LogP contribution in [0.2, 0.25) is 0 Å². The molecule has 0 bridgehead atoms. The average molecular weight is 354 g/mol. The standard InChI is InChI=1S/C14H27N3O3S.ClH/c1-10(2)12(15)13(19)16-8-11(18)17-9-14(21-3)4-6-20-7-5-14;/h10,12H,4-9,15H2,1-3H3,(H,16,19)(H,17,18);1H/t12-;/m0./s1. The molecule has 0 spiro atoms. The van der Waals surface area contributed by atoms with Crippen molar-refractivity contribution in [2.75, 3.05) is 32.6 Å². The van der Waals surface area contributed by atoms with Crippen molar-refractivity contribution in [1.29, 1.82) is 0 Å². The molecule has 6 nitrogen and oxygen atoms in total. The summed E-state index contributed by atoms with van der Waals surface area (Å²) in [6.45, 7) is 5.78. The Labute approximate surface area is 143 Å². The van der Waals surface area contributed by atoms with E-state index in [2.05, 4.69) is 16.9 Å². The summed E-state index contributed by atoms with van der Waals surface area (Å²) < 4.78 is 5.41. The summed E-state index contributed by atoms with van der Waals surface area (Å²) in [6, 6.07) is -0.578. The molecule has 0 aromatic rings.